The molecule has 13 heteroatoms. The number of para-hydroxylation sites is 1. The Hall–Kier alpha value is -3.62. The molecule has 0 saturated carbocycles. The van der Waals surface area contributed by atoms with Crippen LogP contribution in [0.15, 0.2) is 75.8 Å². The van der Waals surface area contributed by atoms with Crippen LogP contribution in [0.25, 0.3) is 10.6 Å². The minimum Gasteiger partial charge on any atom is -0.486 e. The average Bonchev–Trinajstić information content (AvgIpc) is 3.74. The number of aromatic nitrogens is 1. The Morgan fingerprint density at radius 2 is 1.93 bits per heavy atom. The maximum Gasteiger partial charge on any atom is 0.258 e. The van der Waals surface area contributed by atoms with E-state index in [2.05, 4.69) is 10.3 Å². The van der Waals surface area contributed by atoms with Crippen LogP contribution in [-0.2, 0) is 10.0 Å². The molecule has 2 amide bonds. The number of benzene rings is 2. The molecule has 3 atom stereocenters. The molecule has 3 heterocycles. The molecule has 0 aliphatic carbocycles. The van der Waals surface area contributed by atoms with Crippen molar-refractivity contribution >= 4 is 50.2 Å². The van der Waals surface area contributed by atoms with E-state index in [0.717, 1.165) is 21.9 Å². The second kappa shape index (κ2) is 12.9. The number of anilines is 1. The van der Waals surface area contributed by atoms with Gasteiger partial charge in [-0.2, -0.15) is 4.31 Å². The van der Waals surface area contributed by atoms with Gasteiger partial charge in [0.15, 0.2) is 5.75 Å². The molecule has 10 nitrogen and oxygen atoms in total. The largest absolute Gasteiger partial charge is 0.486 e. The Morgan fingerprint density at radius 3 is 2.58 bits per heavy atom. The third-order valence-electron chi connectivity index (χ3n) is 7.36. The van der Waals surface area contributed by atoms with Crippen LogP contribution in [0.5, 0.6) is 5.75 Å². The quantitative estimate of drug-likeness (QED) is 0.272. The van der Waals surface area contributed by atoms with Gasteiger partial charge in [-0.05, 0) is 42.6 Å². The van der Waals surface area contributed by atoms with Gasteiger partial charge < -0.3 is 20.1 Å². The number of amides is 2. The highest BCUT2D eigenvalue weighted by Crippen LogP contribution is 2.36. The zero-order valence-corrected chi connectivity index (χ0v) is 26.3. The maximum atomic E-state index is 13.7. The molecule has 0 unspecified atom stereocenters. The van der Waals surface area contributed by atoms with Gasteiger partial charge >= 0.3 is 0 Å². The number of carbonyl (C=O) groups excluding carboxylic acids is 2. The smallest absolute Gasteiger partial charge is 0.258 e. The van der Waals surface area contributed by atoms with Gasteiger partial charge in [0.25, 0.3) is 21.8 Å². The number of aliphatic hydroxyl groups excluding tert-OH is 1. The number of thiazole rings is 1. The second-order valence-electron chi connectivity index (χ2n) is 10.4. The molecule has 0 bridgehead atoms. The van der Waals surface area contributed by atoms with E-state index in [0.29, 0.717) is 5.56 Å². The SMILES string of the molecule is C[C@H]1CN([C@@H](C)CO)C(=O)c2cccc(NC(=O)c3ccc(-c4nccs4)cc3)c2O[C@H]1CN(C)S(=O)(=O)c1cccs1. The number of sulfonamides is 1. The highest BCUT2D eigenvalue weighted by atomic mass is 32.2. The molecular formula is C30H32N4O6S3. The Kier molecular flexibility index (Phi) is 9.28. The number of nitrogens with one attached hydrogen (secondary N) is 1. The molecule has 1 aliphatic heterocycles. The second-order valence-corrected chi connectivity index (χ2v) is 14.5. The molecule has 0 spiro atoms. The molecule has 0 fully saturated rings. The van der Waals surface area contributed by atoms with Gasteiger partial charge in [0.1, 0.15) is 15.3 Å². The van der Waals surface area contributed by atoms with Gasteiger partial charge in [0, 0.05) is 42.2 Å². The van der Waals surface area contributed by atoms with Crippen LogP contribution in [0.4, 0.5) is 5.69 Å². The molecule has 1 aliphatic rings. The topological polar surface area (TPSA) is 129 Å². The predicted molar refractivity (Wildman–Crippen MR) is 167 cm³/mol. The maximum absolute atomic E-state index is 13.7. The van der Waals surface area contributed by atoms with E-state index < -0.39 is 28.1 Å². The fourth-order valence-electron chi connectivity index (χ4n) is 4.80. The molecular weight excluding hydrogens is 609 g/mol. The number of hydrogen-bond donors (Lipinski definition) is 2. The third-order valence-corrected chi connectivity index (χ3v) is 11.4. The monoisotopic (exact) mass is 640 g/mol. The number of rotatable bonds is 9. The molecule has 0 saturated heterocycles. The van der Waals surface area contributed by atoms with Crippen molar-refractivity contribution in [2.45, 2.75) is 30.2 Å². The van der Waals surface area contributed by atoms with Gasteiger partial charge in [-0.25, -0.2) is 13.4 Å². The van der Waals surface area contributed by atoms with Crippen LogP contribution in [0, 0.1) is 5.92 Å². The minimum atomic E-state index is -3.77. The standard InChI is InChI=1S/C30H32N4O6S3/c1-19-16-34(20(2)18-35)30(37)23-6-4-7-24(32-28(36)21-9-11-22(12-10-21)29-31-13-15-42-29)27(23)40-25(19)17-33(3)43(38,39)26-8-5-14-41-26/h4-15,19-20,25,35H,16-18H2,1-3H3,(H,32,36)/t19-,20-,25-/m0/s1. The van der Waals surface area contributed by atoms with Crippen LogP contribution in [-0.4, -0.2) is 78.4 Å². The van der Waals surface area contributed by atoms with Crippen molar-refractivity contribution in [2.75, 3.05) is 32.1 Å². The van der Waals surface area contributed by atoms with E-state index in [1.165, 1.54) is 22.7 Å². The van der Waals surface area contributed by atoms with Crippen molar-refractivity contribution in [3.63, 3.8) is 0 Å². The molecule has 5 rings (SSSR count). The van der Waals surface area contributed by atoms with Crippen molar-refractivity contribution in [3.05, 3.63) is 82.7 Å². The van der Waals surface area contributed by atoms with Gasteiger partial charge in [-0.15, -0.1) is 22.7 Å². The zero-order chi connectivity index (χ0) is 30.7. The first-order valence-corrected chi connectivity index (χ1v) is 16.8. The fourth-order valence-corrected chi connectivity index (χ4v) is 7.83. The fraction of sp³-hybridized carbons (Fsp3) is 0.300. The van der Waals surface area contributed by atoms with Gasteiger partial charge in [-0.3, -0.25) is 9.59 Å². The lowest BCUT2D eigenvalue weighted by Crippen LogP contribution is -2.50. The van der Waals surface area contributed by atoms with Crippen LogP contribution >= 0.6 is 22.7 Å². The van der Waals surface area contributed by atoms with Crippen LogP contribution in [0.3, 0.4) is 0 Å². The summed E-state index contributed by atoms with van der Waals surface area (Å²) in [5, 5.41) is 17.2. The summed E-state index contributed by atoms with van der Waals surface area (Å²) in [5.74, 6) is -0.937. The number of fused-ring (bicyclic) bond motifs is 1. The normalized spacial score (nSPS) is 18.0. The van der Waals surface area contributed by atoms with Crippen molar-refractivity contribution in [1.82, 2.24) is 14.2 Å². The minimum absolute atomic E-state index is 0.00310. The van der Waals surface area contributed by atoms with Crippen LogP contribution in [0.2, 0.25) is 0 Å². The summed E-state index contributed by atoms with van der Waals surface area (Å²) in [6.45, 7) is 3.60. The Morgan fingerprint density at radius 1 is 1.16 bits per heavy atom. The number of thiophene rings is 1. The summed E-state index contributed by atoms with van der Waals surface area (Å²) in [7, 11) is -2.28. The highest BCUT2D eigenvalue weighted by Gasteiger charge is 2.36. The van der Waals surface area contributed by atoms with Crippen LogP contribution in [0.1, 0.15) is 34.6 Å². The van der Waals surface area contributed by atoms with E-state index in [4.69, 9.17) is 4.74 Å². The highest BCUT2D eigenvalue weighted by molar-refractivity contribution is 7.91. The molecule has 4 aromatic rings. The predicted octanol–water partition coefficient (Wildman–Crippen LogP) is 4.66. The molecule has 2 N–H and O–H groups in total. The lowest BCUT2D eigenvalue weighted by Gasteiger charge is -2.38. The van der Waals surface area contributed by atoms with E-state index in [-0.39, 0.29) is 52.7 Å². The number of likely N-dealkylation sites (N-methyl/N-ethyl adjacent to an activating group) is 1. The molecule has 43 heavy (non-hydrogen) atoms. The first-order valence-electron chi connectivity index (χ1n) is 13.6. The van der Waals surface area contributed by atoms with Crippen molar-refractivity contribution in [2.24, 2.45) is 5.92 Å². The van der Waals surface area contributed by atoms with Crippen molar-refractivity contribution in [1.29, 1.82) is 0 Å². The van der Waals surface area contributed by atoms with E-state index in [9.17, 15) is 23.1 Å². The van der Waals surface area contributed by atoms with Gasteiger partial charge in [0.2, 0.25) is 0 Å². The first kappa shape index (κ1) is 30.8. The van der Waals surface area contributed by atoms with Crippen LogP contribution < -0.4 is 10.1 Å². The average molecular weight is 641 g/mol. The van der Waals surface area contributed by atoms with Crippen molar-refractivity contribution < 1.29 is 27.9 Å². The molecule has 2 aromatic heterocycles. The van der Waals surface area contributed by atoms with E-state index >= 15 is 0 Å². The Balaban J connectivity index is 1.47. The summed E-state index contributed by atoms with van der Waals surface area (Å²) in [5.41, 5.74) is 1.77. The summed E-state index contributed by atoms with van der Waals surface area (Å²) in [6.07, 6.45) is 1.03. The number of ether oxygens (including phenoxy) is 1. The molecule has 226 valence electrons. The summed E-state index contributed by atoms with van der Waals surface area (Å²) in [4.78, 5) is 33.0. The van der Waals surface area contributed by atoms with E-state index in [1.807, 2.05) is 24.4 Å². The number of nitrogens with zero attached hydrogens (tertiary/aromatic N) is 3. The summed E-state index contributed by atoms with van der Waals surface area (Å²) >= 11 is 2.63. The Bertz CT molecular complexity index is 1680. The lowest BCUT2D eigenvalue weighted by molar-refractivity contribution is 0.0388. The molecule has 2 aromatic carbocycles. The zero-order valence-electron chi connectivity index (χ0n) is 23.8. The number of hydrogen-bond acceptors (Lipinski definition) is 9. The van der Waals surface area contributed by atoms with Gasteiger partial charge in [-0.1, -0.05) is 31.2 Å². The van der Waals surface area contributed by atoms with Crippen molar-refractivity contribution in [3.8, 4) is 16.3 Å². The number of carbonyl (C=O) groups is 2. The summed E-state index contributed by atoms with van der Waals surface area (Å²) in [6, 6.07) is 14.7. The first-order chi connectivity index (χ1) is 20.6. The number of aliphatic hydroxyl groups is 1. The Labute approximate surface area is 258 Å². The lowest BCUT2D eigenvalue weighted by atomic mass is 9.99. The third kappa shape index (κ3) is 6.50. The van der Waals surface area contributed by atoms with E-state index in [1.54, 1.807) is 65.9 Å². The molecule has 0 radical (unpaired) electrons. The van der Waals surface area contributed by atoms with Gasteiger partial charge in [0.05, 0.1) is 30.4 Å². The summed E-state index contributed by atoms with van der Waals surface area (Å²) < 4.78 is 34.4.